The van der Waals surface area contributed by atoms with Crippen molar-refractivity contribution >= 4 is 22.9 Å². The number of halogens is 1. The summed E-state index contributed by atoms with van der Waals surface area (Å²) in [5.74, 6) is 0. The zero-order valence-electron chi connectivity index (χ0n) is 8.84. The van der Waals surface area contributed by atoms with Crippen molar-refractivity contribution in [2.75, 3.05) is 19.6 Å². The highest BCUT2D eigenvalue weighted by Crippen LogP contribution is 2.29. The molecule has 0 unspecified atom stereocenters. The molecule has 1 aromatic heterocycles. The van der Waals surface area contributed by atoms with Gasteiger partial charge in [-0.1, -0.05) is 11.6 Å². The Balaban J connectivity index is 2.00. The maximum Gasteiger partial charge on any atom is 0.0976 e. The molecule has 2 N–H and O–H groups in total. The van der Waals surface area contributed by atoms with Gasteiger partial charge in [-0.15, -0.1) is 11.3 Å². The summed E-state index contributed by atoms with van der Waals surface area (Å²) in [6.45, 7) is 4.16. The second-order valence-electron chi connectivity index (χ2n) is 4.03. The Labute approximate surface area is 100 Å². The standard InChI is InChI=1S/C11H17ClN2S/c12-11-9(7-10(15-11)3-4-13)8-14-5-1-2-6-14/h7H,1-6,8,13H2. The number of likely N-dealkylation sites (tertiary alicyclic amines) is 1. The molecule has 0 amide bonds. The molecule has 0 aromatic carbocycles. The van der Waals surface area contributed by atoms with Crippen molar-refractivity contribution in [2.45, 2.75) is 25.8 Å². The van der Waals surface area contributed by atoms with Crippen LogP contribution >= 0.6 is 22.9 Å². The van der Waals surface area contributed by atoms with E-state index in [-0.39, 0.29) is 0 Å². The molecule has 15 heavy (non-hydrogen) atoms. The summed E-state index contributed by atoms with van der Waals surface area (Å²) in [5, 5.41) is 0. The van der Waals surface area contributed by atoms with E-state index in [1.165, 1.54) is 36.4 Å². The molecule has 0 bridgehead atoms. The van der Waals surface area contributed by atoms with Crippen molar-refractivity contribution in [1.29, 1.82) is 0 Å². The van der Waals surface area contributed by atoms with Crippen molar-refractivity contribution in [3.05, 3.63) is 20.8 Å². The molecule has 2 rings (SSSR count). The molecule has 0 atom stereocenters. The van der Waals surface area contributed by atoms with Crippen LogP contribution in [0, 0.1) is 0 Å². The van der Waals surface area contributed by atoms with E-state index in [9.17, 15) is 0 Å². The summed E-state index contributed by atoms with van der Waals surface area (Å²) in [6.07, 6.45) is 3.61. The van der Waals surface area contributed by atoms with Gasteiger partial charge in [-0.25, -0.2) is 0 Å². The van der Waals surface area contributed by atoms with Crippen LogP contribution < -0.4 is 5.73 Å². The highest BCUT2D eigenvalue weighted by atomic mass is 35.5. The van der Waals surface area contributed by atoms with E-state index in [1.54, 1.807) is 11.3 Å². The molecule has 4 heteroatoms. The second-order valence-corrected chi connectivity index (χ2v) is 5.77. The molecule has 2 nitrogen and oxygen atoms in total. The van der Waals surface area contributed by atoms with E-state index in [1.807, 2.05) is 0 Å². The smallest absolute Gasteiger partial charge is 0.0976 e. The summed E-state index contributed by atoms with van der Waals surface area (Å²) in [6, 6.07) is 2.22. The summed E-state index contributed by atoms with van der Waals surface area (Å²) in [4.78, 5) is 3.79. The number of nitrogens with zero attached hydrogens (tertiary/aromatic N) is 1. The lowest BCUT2D eigenvalue weighted by Crippen LogP contribution is -2.18. The van der Waals surface area contributed by atoms with Crippen LogP contribution in [-0.4, -0.2) is 24.5 Å². The molecule has 0 aliphatic carbocycles. The first-order valence-electron chi connectivity index (χ1n) is 5.49. The molecule has 0 radical (unpaired) electrons. The Morgan fingerprint density at radius 2 is 2.13 bits per heavy atom. The van der Waals surface area contributed by atoms with Gasteiger partial charge in [-0.2, -0.15) is 0 Å². The fourth-order valence-electron chi connectivity index (χ4n) is 2.02. The molecule has 1 aromatic rings. The Morgan fingerprint density at radius 1 is 1.40 bits per heavy atom. The maximum absolute atomic E-state index is 6.21. The lowest BCUT2D eigenvalue weighted by molar-refractivity contribution is 0.332. The summed E-state index contributed by atoms with van der Waals surface area (Å²) in [7, 11) is 0. The van der Waals surface area contributed by atoms with Crippen LogP contribution in [0.4, 0.5) is 0 Å². The molecular weight excluding hydrogens is 228 g/mol. The van der Waals surface area contributed by atoms with E-state index in [0.717, 1.165) is 17.3 Å². The average Bonchev–Trinajstić information content (AvgIpc) is 2.79. The quantitative estimate of drug-likeness (QED) is 0.882. The Hall–Kier alpha value is -0.0900. The minimum atomic E-state index is 0.708. The van der Waals surface area contributed by atoms with Gasteiger partial charge in [-0.05, 0) is 50.5 Å². The minimum absolute atomic E-state index is 0.708. The van der Waals surface area contributed by atoms with E-state index in [0.29, 0.717) is 6.54 Å². The number of hydrogen-bond donors (Lipinski definition) is 1. The first-order chi connectivity index (χ1) is 7.29. The number of hydrogen-bond acceptors (Lipinski definition) is 3. The normalized spacial score (nSPS) is 17.5. The molecule has 1 saturated heterocycles. The average molecular weight is 245 g/mol. The first kappa shape index (κ1) is 11.4. The zero-order chi connectivity index (χ0) is 10.7. The molecule has 0 saturated carbocycles. The van der Waals surface area contributed by atoms with Crippen LogP contribution in [0.3, 0.4) is 0 Å². The summed E-state index contributed by atoms with van der Waals surface area (Å²) < 4.78 is 0.949. The third-order valence-electron chi connectivity index (χ3n) is 2.79. The van der Waals surface area contributed by atoms with Crippen LogP contribution in [0.25, 0.3) is 0 Å². The van der Waals surface area contributed by atoms with Gasteiger partial charge in [0.25, 0.3) is 0 Å². The SMILES string of the molecule is NCCc1cc(CN2CCCC2)c(Cl)s1. The van der Waals surface area contributed by atoms with Gasteiger partial charge in [0.1, 0.15) is 0 Å². The summed E-state index contributed by atoms with van der Waals surface area (Å²) in [5.41, 5.74) is 6.82. The monoisotopic (exact) mass is 244 g/mol. The van der Waals surface area contributed by atoms with Gasteiger partial charge in [-0.3, -0.25) is 4.90 Å². The third-order valence-corrected chi connectivity index (χ3v) is 4.29. The second kappa shape index (κ2) is 5.30. The lowest BCUT2D eigenvalue weighted by Gasteiger charge is -2.13. The van der Waals surface area contributed by atoms with Crippen LogP contribution in [-0.2, 0) is 13.0 Å². The highest BCUT2D eigenvalue weighted by molar-refractivity contribution is 7.16. The Bertz CT molecular complexity index is 318. The molecule has 1 aliphatic rings. The van der Waals surface area contributed by atoms with Crippen molar-refractivity contribution in [2.24, 2.45) is 5.73 Å². The topological polar surface area (TPSA) is 29.3 Å². The molecule has 84 valence electrons. The Morgan fingerprint density at radius 3 is 2.80 bits per heavy atom. The van der Waals surface area contributed by atoms with E-state index in [2.05, 4.69) is 11.0 Å². The predicted octanol–water partition coefficient (Wildman–Crippen LogP) is 2.50. The molecule has 2 heterocycles. The van der Waals surface area contributed by atoms with E-state index >= 15 is 0 Å². The fourth-order valence-corrected chi connectivity index (χ4v) is 3.33. The predicted molar refractivity (Wildman–Crippen MR) is 66.6 cm³/mol. The van der Waals surface area contributed by atoms with E-state index in [4.69, 9.17) is 17.3 Å². The van der Waals surface area contributed by atoms with E-state index < -0.39 is 0 Å². The van der Waals surface area contributed by atoms with Gasteiger partial charge in [0.2, 0.25) is 0 Å². The highest BCUT2D eigenvalue weighted by Gasteiger charge is 2.15. The van der Waals surface area contributed by atoms with Crippen molar-refractivity contribution in [3.63, 3.8) is 0 Å². The van der Waals surface area contributed by atoms with Crippen molar-refractivity contribution in [3.8, 4) is 0 Å². The van der Waals surface area contributed by atoms with Gasteiger partial charge in [0.15, 0.2) is 0 Å². The molecule has 1 fully saturated rings. The number of rotatable bonds is 4. The van der Waals surface area contributed by atoms with Crippen LogP contribution in [0.2, 0.25) is 4.34 Å². The summed E-state index contributed by atoms with van der Waals surface area (Å²) >= 11 is 7.89. The minimum Gasteiger partial charge on any atom is -0.330 e. The lowest BCUT2D eigenvalue weighted by atomic mass is 10.2. The number of nitrogens with two attached hydrogens (primary N) is 1. The van der Waals surface area contributed by atoms with Crippen molar-refractivity contribution < 1.29 is 0 Å². The van der Waals surface area contributed by atoms with Gasteiger partial charge in [0.05, 0.1) is 4.34 Å². The van der Waals surface area contributed by atoms with Gasteiger partial charge in [0, 0.05) is 11.4 Å². The molecule has 0 spiro atoms. The fraction of sp³-hybridized carbons (Fsp3) is 0.636. The van der Waals surface area contributed by atoms with Crippen LogP contribution in [0.15, 0.2) is 6.07 Å². The Kier molecular flexibility index (Phi) is 4.03. The number of thiophene rings is 1. The van der Waals surface area contributed by atoms with Gasteiger partial charge < -0.3 is 5.73 Å². The van der Waals surface area contributed by atoms with Crippen LogP contribution in [0.5, 0.6) is 0 Å². The third kappa shape index (κ3) is 2.94. The molecular formula is C11H17ClN2S. The van der Waals surface area contributed by atoms with Crippen molar-refractivity contribution in [1.82, 2.24) is 4.90 Å². The largest absolute Gasteiger partial charge is 0.330 e. The van der Waals surface area contributed by atoms with Crippen LogP contribution in [0.1, 0.15) is 23.3 Å². The maximum atomic E-state index is 6.21. The zero-order valence-corrected chi connectivity index (χ0v) is 10.4. The van der Waals surface area contributed by atoms with Gasteiger partial charge >= 0.3 is 0 Å². The first-order valence-corrected chi connectivity index (χ1v) is 6.68. The molecule has 1 aliphatic heterocycles.